The van der Waals surface area contributed by atoms with E-state index in [1.165, 1.54) is 41.6 Å². The summed E-state index contributed by atoms with van der Waals surface area (Å²) in [5.74, 6) is 1.44. The molecule has 0 unspecified atom stereocenters. The first kappa shape index (κ1) is 21.0. The summed E-state index contributed by atoms with van der Waals surface area (Å²) >= 11 is 0. The van der Waals surface area contributed by atoms with Gasteiger partial charge >= 0.3 is 0 Å². The number of phenolic OH excluding ortho intramolecular Hbond substituents is 1. The predicted molar refractivity (Wildman–Crippen MR) is 105 cm³/mol. The smallest absolute Gasteiger partial charge is 0.203 e. The molecule has 0 saturated carbocycles. The number of rotatable bonds is 8. The lowest BCUT2D eigenvalue weighted by Gasteiger charge is -2.14. The number of methoxy groups -OCH3 is 5. The zero-order valence-corrected chi connectivity index (χ0v) is 16.8. The van der Waals surface area contributed by atoms with E-state index in [-0.39, 0.29) is 17.1 Å². The number of benzene rings is 2. The quantitative estimate of drug-likeness (QED) is 0.546. The highest BCUT2D eigenvalue weighted by Crippen LogP contribution is 2.40. The summed E-state index contributed by atoms with van der Waals surface area (Å²) in [6.07, 6.45) is 2.93. The number of ether oxygens (including phenoxy) is 5. The lowest BCUT2D eigenvalue weighted by Crippen LogP contribution is -2.02. The van der Waals surface area contributed by atoms with Gasteiger partial charge in [-0.1, -0.05) is 6.08 Å². The van der Waals surface area contributed by atoms with E-state index in [1.54, 1.807) is 31.2 Å². The Labute approximate surface area is 164 Å². The van der Waals surface area contributed by atoms with E-state index < -0.39 is 5.78 Å². The van der Waals surface area contributed by atoms with E-state index in [4.69, 9.17) is 23.7 Å². The molecule has 0 aliphatic heterocycles. The Hall–Kier alpha value is -3.35. The van der Waals surface area contributed by atoms with Crippen LogP contribution in [0.2, 0.25) is 0 Å². The maximum Gasteiger partial charge on any atom is 0.203 e. The number of carbonyl (C=O) groups is 1. The first-order valence-electron chi connectivity index (χ1n) is 8.38. The highest BCUT2D eigenvalue weighted by Gasteiger charge is 2.21. The maximum atomic E-state index is 12.7. The summed E-state index contributed by atoms with van der Waals surface area (Å²) in [5, 5.41) is 10.5. The molecule has 0 saturated heterocycles. The zero-order chi connectivity index (χ0) is 20.8. The average molecular weight is 388 g/mol. The Bertz CT molecular complexity index is 875. The van der Waals surface area contributed by atoms with Crippen LogP contribution in [0.25, 0.3) is 6.08 Å². The first-order chi connectivity index (χ1) is 13.4. The van der Waals surface area contributed by atoms with E-state index in [0.717, 1.165) is 0 Å². The molecule has 0 aliphatic rings. The molecule has 2 rings (SSSR count). The van der Waals surface area contributed by atoms with Gasteiger partial charge in [-0.15, -0.1) is 0 Å². The monoisotopic (exact) mass is 388 g/mol. The number of hydrogen-bond acceptors (Lipinski definition) is 7. The number of hydrogen-bond donors (Lipinski definition) is 1. The Morgan fingerprint density at radius 1 is 0.821 bits per heavy atom. The summed E-state index contributed by atoms with van der Waals surface area (Å²) in [5.41, 5.74) is 1.17. The predicted octanol–water partition coefficient (Wildman–Crippen LogP) is 3.64. The minimum Gasteiger partial charge on any atom is -0.507 e. The van der Waals surface area contributed by atoms with Crippen LogP contribution in [0.4, 0.5) is 0 Å². The molecule has 0 aliphatic carbocycles. The summed E-state index contributed by atoms with van der Waals surface area (Å²) < 4.78 is 26.4. The van der Waals surface area contributed by atoms with Crippen molar-refractivity contribution in [3.05, 3.63) is 41.0 Å². The molecule has 0 amide bonds. The van der Waals surface area contributed by atoms with E-state index in [1.807, 2.05) is 0 Å². The van der Waals surface area contributed by atoms with Crippen molar-refractivity contribution in [1.82, 2.24) is 0 Å². The van der Waals surface area contributed by atoms with Crippen molar-refractivity contribution in [2.45, 2.75) is 6.92 Å². The van der Waals surface area contributed by atoms with Crippen LogP contribution in [0.5, 0.6) is 34.5 Å². The number of ketones is 1. The largest absolute Gasteiger partial charge is 0.507 e. The van der Waals surface area contributed by atoms with Crippen molar-refractivity contribution in [3.63, 3.8) is 0 Å². The van der Waals surface area contributed by atoms with E-state index >= 15 is 0 Å². The van der Waals surface area contributed by atoms with Gasteiger partial charge in [0.2, 0.25) is 5.75 Å². The topological polar surface area (TPSA) is 83.5 Å². The molecule has 0 heterocycles. The molecule has 28 heavy (non-hydrogen) atoms. The lowest BCUT2D eigenvalue weighted by atomic mass is 10.0. The summed E-state index contributed by atoms with van der Waals surface area (Å²) in [6.45, 7) is 1.66. The molecule has 0 atom stereocenters. The fourth-order valence-electron chi connectivity index (χ4n) is 2.78. The lowest BCUT2D eigenvalue weighted by molar-refractivity contribution is 0.104. The van der Waals surface area contributed by atoms with Crippen molar-refractivity contribution < 1.29 is 33.6 Å². The van der Waals surface area contributed by atoms with Gasteiger partial charge in [-0.2, -0.15) is 0 Å². The third kappa shape index (κ3) is 3.98. The molecule has 2 aromatic carbocycles. The fourth-order valence-corrected chi connectivity index (χ4v) is 2.78. The molecule has 0 spiro atoms. The second kappa shape index (κ2) is 9.03. The van der Waals surface area contributed by atoms with Crippen molar-refractivity contribution in [3.8, 4) is 34.5 Å². The molecular formula is C21H24O7. The number of phenols is 1. The summed E-state index contributed by atoms with van der Waals surface area (Å²) in [6, 6.07) is 4.98. The van der Waals surface area contributed by atoms with Gasteiger partial charge in [-0.05, 0) is 30.7 Å². The molecule has 7 heteroatoms. The van der Waals surface area contributed by atoms with Crippen molar-refractivity contribution in [1.29, 1.82) is 0 Å². The Kier molecular flexibility index (Phi) is 6.76. The van der Waals surface area contributed by atoms with Gasteiger partial charge in [0.1, 0.15) is 22.8 Å². The molecule has 0 fully saturated rings. The number of aromatic hydroxyl groups is 1. The van der Waals surface area contributed by atoms with Gasteiger partial charge in [-0.3, -0.25) is 4.79 Å². The first-order valence-corrected chi connectivity index (χ1v) is 8.38. The standard InChI is InChI=1S/C21H24O7/c1-12-15(24-2)11-16(25-3)19(20(12)23)14(22)8-7-13-9-17(26-4)21(28-6)18(10-13)27-5/h7-11,23H,1-6H3/b8-7-. The summed E-state index contributed by atoms with van der Waals surface area (Å²) in [4.78, 5) is 12.7. The average Bonchev–Trinajstić information content (AvgIpc) is 2.72. The van der Waals surface area contributed by atoms with Crippen LogP contribution in [0.1, 0.15) is 21.5 Å². The van der Waals surface area contributed by atoms with Crippen molar-refractivity contribution in [2.75, 3.05) is 35.5 Å². The fraction of sp³-hybridized carbons (Fsp3) is 0.286. The van der Waals surface area contributed by atoms with E-state index in [9.17, 15) is 9.90 Å². The molecule has 0 radical (unpaired) electrons. The Morgan fingerprint density at radius 2 is 1.36 bits per heavy atom. The van der Waals surface area contributed by atoms with Crippen LogP contribution >= 0.6 is 0 Å². The van der Waals surface area contributed by atoms with Gasteiger partial charge in [0.15, 0.2) is 17.3 Å². The maximum absolute atomic E-state index is 12.7. The van der Waals surface area contributed by atoms with Crippen LogP contribution in [0, 0.1) is 6.92 Å². The third-order valence-corrected chi connectivity index (χ3v) is 4.27. The van der Waals surface area contributed by atoms with E-state index in [2.05, 4.69) is 0 Å². The third-order valence-electron chi connectivity index (χ3n) is 4.27. The molecule has 7 nitrogen and oxygen atoms in total. The normalized spacial score (nSPS) is 10.6. The van der Waals surface area contributed by atoms with Gasteiger partial charge < -0.3 is 28.8 Å². The molecular weight excluding hydrogens is 364 g/mol. The van der Waals surface area contributed by atoms with Crippen LogP contribution in [0.15, 0.2) is 24.3 Å². The highest BCUT2D eigenvalue weighted by molar-refractivity contribution is 6.11. The van der Waals surface area contributed by atoms with Crippen molar-refractivity contribution >= 4 is 11.9 Å². The van der Waals surface area contributed by atoms with Gasteiger partial charge in [-0.25, -0.2) is 0 Å². The second-order valence-electron chi connectivity index (χ2n) is 5.79. The van der Waals surface area contributed by atoms with Crippen LogP contribution in [-0.4, -0.2) is 46.4 Å². The number of carbonyl (C=O) groups excluding carboxylic acids is 1. The van der Waals surface area contributed by atoms with Crippen molar-refractivity contribution in [2.24, 2.45) is 0 Å². The summed E-state index contributed by atoms with van der Waals surface area (Å²) in [7, 11) is 7.44. The van der Waals surface area contributed by atoms with Gasteiger partial charge in [0.25, 0.3) is 0 Å². The minimum absolute atomic E-state index is 0.0597. The SMILES string of the molecule is COc1cc(OC)c(C(=O)/C=C\c2cc(OC)c(OC)c(OC)c2)c(O)c1C. The van der Waals surface area contributed by atoms with Crippen LogP contribution in [-0.2, 0) is 0 Å². The second-order valence-corrected chi connectivity index (χ2v) is 5.79. The molecule has 150 valence electrons. The van der Waals surface area contributed by atoms with Gasteiger partial charge in [0.05, 0.1) is 35.5 Å². The van der Waals surface area contributed by atoms with Crippen LogP contribution in [0.3, 0.4) is 0 Å². The van der Waals surface area contributed by atoms with Gasteiger partial charge in [0, 0.05) is 11.6 Å². The molecule has 0 aromatic heterocycles. The van der Waals surface area contributed by atoms with Crippen LogP contribution < -0.4 is 23.7 Å². The highest BCUT2D eigenvalue weighted by atomic mass is 16.5. The molecule has 0 bridgehead atoms. The molecule has 1 N–H and O–H groups in total. The Balaban J connectivity index is 2.46. The molecule has 2 aromatic rings. The minimum atomic E-state index is -0.422. The zero-order valence-electron chi connectivity index (χ0n) is 16.8. The van der Waals surface area contributed by atoms with E-state index in [0.29, 0.717) is 34.1 Å². The number of allylic oxidation sites excluding steroid dienone is 1. The Morgan fingerprint density at radius 3 is 1.82 bits per heavy atom.